The van der Waals surface area contributed by atoms with E-state index in [4.69, 9.17) is 5.73 Å². The zero-order valence-corrected chi connectivity index (χ0v) is 11.6. The van der Waals surface area contributed by atoms with Crippen LogP contribution in [-0.2, 0) is 9.59 Å². The van der Waals surface area contributed by atoms with Gasteiger partial charge >= 0.3 is 6.18 Å². The summed E-state index contributed by atoms with van der Waals surface area (Å²) in [5.41, 5.74) is 4.70. The van der Waals surface area contributed by atoms with Crippen molar-refractivity contribution in [2.24, 2.45) is 5.73 Å². The minimum atomic E-state index is -4.43. The third-order valence-electron chi connectivity index (χ3n) is 3.26. The molecule has 0 saturated carbocycles. The van der Waals surface area contributed by atoms with Gasteiger partial charge in [0.2, 0.25) is 11.8 Å². The predicted octanol–water partition coefficient (Wildman–Crippen LogP) is 0.783. The molecule has 20 heavy (non-hydrogen) atoms. The van der Waals surface area contributed by atoms with E-state index in [9.17, 15) is 22.8 Å². The van der Waals surface area contributed by atoms with Crippen molar-refractivity contribution in [3.8, 4) is 0 Å². The van der Waals surface area contributed by atoms with Crippen LogP contribution in [0.5, 0.6) is 0 Å². The smallest absolute Gasteiger partial charge is 0.343 e. The van der Waals surface area contributed by atoms with E-state index in [1.165, 1.54) is 0 Å². The second-order valence-electron chi connectivity index (χ2n) is 5.36. The van der Waals surface area contributed by atoms with Crippen LogP contribution in [0.3, 0.4) is 0 Å². The van der Waals surface area contributed by atoms with Gasteiger partial charge in [0.15, 0.2) is 0 Å². The predicted molar refractivity (Wildman–Crippen MR) is 66.7 cm³/mol. The Kier molecular flexibility index (Phi) is 5.01. The van der Waals surface area contributed by atoms with Gasteiger partial charge in [-0.2, -0.15) is 13.2 Å². The van der Waals surface area contributed by atoms with Crippen molar-refractivity contribution in [3.05, 3.63) is 0 Å². The first-order chi connectivity index (χ1) is 9.07. The van der Waals surface area contributed by atoms with Gasteiger partial charge in [-0.3, -0.25) is 9.59 Å². The first-order valence-corrected chi connectivity index (χ1v) is 6.52. The SMILES string of the molecule is CCCC(C)(N)C(=O)NC1CCN(CC(F)(F)F)C1=O. The molecule has 1 aliphatic rings. The van der Waals surface area contributed by atoms with Crippen molar-refractivity contribution in [1.82, 2.24) is 10.2 Å². The number of hydrogen-bond acceptors (Lipinski definition) is 3. The highest BCUT2D eigenvalue weighted by atomic mass is 19.4. The summed E-state index contributed by atoms with van der Waals surface area (Å²) in [6.45, 7) is 2.11. The first-order valence-electron chi connectivity index (χ1n) is 6.52. The van der Waals surface area contributed by atoms with Gasteiger partial charge in [0.05, 0.1) is 5.54 Å². The molecule has 116 valence electrons. The van der Waals surface area contributed by atoms with Gasteiger partial charge in [-0.25, -0.2) is 0 Å². The molecule has 2 atom stereocenters. The number of carbonyl (C=O) groups is 2. The molecule has 0 aromatic heterocycles. The number of nitrogens with two attached hydrogens (primary N) is 1. The van der Waals surface area contributed by atoms with Gasteiger partial charge in [0.25, 0.3) is 0 Å². The Morgan fingerprint density at radius 2 is 2.10 bits per heavy atom. The molecular weight excluding hydrogens is 275 g/mol. The van der Waals surface area contributed by atoms with Crippen LogP contribution in [0.1, 0.15) is 33.1 Å². The van der Waals surface area contributed by atoms with E-state index >= 15 is 0 Å². The van der Waals surface area contributed by atoms with E-state index in [0.717, 1.165) is 0 Å². The fraction of sp³-hybridized carbons (Fsp3) is 0.833. The molecule has 0 radical (unpaired) electrons. The van der Waals surface area contributed by atoms with Crippen molar-refractivity contribution in [2.75, 3.05) is 13.1 Å². The molecule has 0 spiro atoms. The zero-order chi connectivity index (χ0) is 15.6. The highest BCUT2D eigenvalue weighted by Gasteiger charge is 2.41. The number of likely N-dealkylation sites (tertiary alicyclic amines) is 1. The number of rotatable bonds is 5. The molecule has 1 rings (SSSR count). The third kappa shape index (κ3) is 4.36. The summed E-state index contributed by atoms with van der Waals surface area (Å²) in [5, 5.41) is 2.45. The summed E-state index contributed by atoms with van der Waals surface area (Å²) in [7, 11) is 0. The van der Waals surface area contributed by atoms with Gasteiger partial charge in [0, 0.05) is 6.54 Å². The lowest BCUT2D eigenvalue weighted by atomic mass is 9.96. The largest absolute Gasteiger partial charge is 0.406 e. The topological polar surface area (TPSA) is 75.4 Å². The highest BCUT2D eigenvalue weighted by Crippen LogP contribution is 2.21. The average Bonchev–Trinajstić information content (AvgIpc) is 2.59. The number of carbonyl (C=O) groups excluding carboxylic acids is 2. The van der Waals surface area contributed by atoms with E-state index in [1.807, 2.05) is 6.92 Å². The monoisotopic (exact) mass is 295 g/mol. The van der Waals surface area contributed by atoms with Crippen molar-refractivity contribution in [3.63, 3.8) is 0 Å². The Labute approximate surface area is 115 Å². The van der Waals surface area contributed by atoms with Crippen LogP contribution < -0.4 is 11.1 Å². The van der Waals surface area contributed by atoms with Gasteiger partial charge < -0.3 is 16.0 Å². The van der Waals surface area contributed by atoms with Crippen molar-refractivity contribution in [1.29, 1.82) is 0 Å². The molecule has 0 bridgehead atoms. The van der Waals surface area contributed by atoms with Gasteiger partial charge in [-0.1, -0.05) is 13.3 Å². The molecule has 1 fully saturated rings. The molecule has 2 unspecified atom stereocenters. The Morgan fingerprint density at radius 3 is 2.60 bits per heavy atom. The number of halogens is 3. The maximum Gasteiger partial charge on any atom is 0.406 e. The number of alkyl halides is 3. The summed E-state index contributed by atoms with van der Waals surface area (Å²) in [6.07, 6.45) is -3.13. The Bertz CT molecular complexity index is 383. The maximum atomic E-state index is 12.3. The minimum Gasteiger partial charge on any atom is -0.343 e. The van der Waals surface area contributed by atoms with Crippen LogP contribution in [0, 0.1) is 0 Å². The van der Waals surface area contributed by atoms with Crippen molar-refractivity contribution >= 4 is 11.8 Å². The summed E-state index contributed by atoms with van der Waals surface area (Å²) in [4.78, 5) is 24.4. The molecule has 8 heteroatoms. The van der Waals surface area contributed by atoms with Gasteiger partial charge in [-0.15, -0.1) is 0 Å². The van der Waals surface area contributed by atoms with Crippen molar-refractivity contribution < 1.29 is 22.8 Å². The lowest BCUT2D eigenvalue weighted by Gasteiger charge is -2.25. The molecule has 3 N–H and O–H groups in total. The molecule has 1 saturated heterocycles. The molecule has 1 aliphatic heterocycles. The standard InChI is InChI=1S/C12H20F3N3O2/c1-3-5-11(2,16)10(20)17-8-4-6-18(9(8)19)7-12(13,14)15/h8H,3-7,16H2,1-2H3,(H,17,20). The van der Waals surface area contributed by atoms with E-state index in [0.29, 0.717) is 17.7 Å². The molecule has 0 aromatic rings. The maximum absolute atomic E-state index is 12.3. The van der Waals surface area contributed by atoms with E-state index < -0.39 is 36.1 Å². The number of hydrogen-bond donors (Lipinski definition) is 2. The Morgan fingerprint density at radius 1 is 1.50 bits per heavy atom. The molecule has 0 aliphatic carbocycles. The quantitative estimate of drug-likeness (QED) is 0.787. The second kappa shape index (κ2) is 5.99. The van der Waals surface area contributed by atoms with Crippen LogP contribution in [0.25, 0.3) is 0 Å². The summed E-state index contributed by atoms with van der Waals surface area (Å²) in [5.74, 6) is -1.21. The zero-order valence-electron chi connectivity index (χ0n) is 11.6. The Balaban J connectivity index is 2.59. The van der Waals surface area contributed by atoms with Crippen LogP contribution >= 0.6 is 0 Å². The molecule has 1 heterocycles. The van der Waals surface area contributed by atoms with Crippen LogP contribution in [0.2, 0.25) is 0 Å². The second-order valence-corrected chi connectivity index (χ2v) is 5.36. The summed E-state index contributed by atoms with van der Waals surface area (Å²) >= 11 is 0. The van der Waals surface area contributed by atoms with E-state index in [-0.39, 0.29) is 13.0 Å². The molecule has 2 amide bonds. The average molecular weight is 295 g/mol. The highest BCUT2D eigenvalue weighted by molar-refractivity contribution is 5.92. The lowest BCUT2D eigenvalue weighted by molar-refractivity contribution is -0.158. The van der Waals surface area contributed by atoms with Gasteiger partial charge in [0.1, 0.15) is 12.6 Å². The van der Waals surface area contributed by atoms with Crippen LogP contribution in [0.15, 0.2) is 0 Å². The lowest BCUT2D eigenvalue weighted by Crippen LogP contribution is -2.55. The van der Waals surface area contributed by atoms with Crippen molar-refractivity contribution in [2.45, 2.75) is 50.9 Å². The fourth-order valence-corrected chi connectivity index (χ4v) is 2.20. The molecular formula is C12H20F3N3O2. The minimum absolute atomic E-state index is 0.0155. The first kappa shape index (κ1) is 16.7. The van der Waals surface area contributed by atoms with E-state index in [2.05, 4.69) is 5.32 Å². The third-order valence-corrected chi connectivity index (χ3v) is 3.26. The number of nitrogens with zero attached hydrogens (tertiary/aromatic N) is 1. The van der Waals surface area contributed by atoms with Crippen LogP contribution in [0.4, 0.5) is 13.2 Å². The molecule has 0 aromatic carbocycles. The fourth-order valence-electron chi connectivity index (χ4n) is 2.20. The normalized spacial score (nSPS) is 22.8. The van der Waals surface area contributed by atoms with E-state index in [1.54, 1.807) is 6.92 Å². The molecule has 5 nitrogen and oxygen atoms in total. The number of nitrogens with one attached hydrogen (secondary N) is 1. The Hall–Kier alpha value is -1.31. The summed E-state index contributed by atoms with van der Waals surface area (Å²) < 4.78 is 36.8. The number of amides is 2. The van der Waals surface area contributed by atoms with Gasteiger partial charge in [-0.05, 0) is 19.8 Å². The van der Waals surface area contributed by atoms with Crippen LogP contribution in [-0.4, -0.2) is 47.6 Å². The summed E-state index contributed by atoms with van der Waals surface area (Å²) in [6, 6.07) is -0.912.